The molecule has 0 fully saturated rings. The van der Waals surface area contributed by atoms with E-state index < -0.39 is 0 Å². The van der Waals surface area contributed by atoms with E-state index in [9.17, 15) is 9.59 Å². The van der Waals surface area contributed by atoms with Gasteiger partial charge >= 0.3 is 0 Å². The Labute approximate surface area is 137 Å². The predicted octanol–water partition coefficient (Wildman–Crippen LogP) is 2.69. The molecule has 2 N–H and O–H groups in total. The third kappa shape index (κ3) is 3.89. The van der Waals surface area contributed by atoms with E-state index in [0.29, 0.717) is 11.4 Å². The molecule has 0 radical (unpaired) electrons. The van der Waals surface area contributed by atoms with Crippen molar-refractivity contribution in [3.63, 3.8) is 0 Å². The first-order valence-corrected chi connectivity index (χ1v) is 7.33. The Kier molecular flexibility index (Phi) is 4.71. The molecule has 0 atom stereocenters. The number of rotatable bonds is 6. The molecule has 0 saturated carbocycles. The van der Waals surface area contributed by atoms with E-state index in [4.69, 9.17) is 8.83 Å². The second-order valence-corrected chi connectivity index (χ2v) is 4.97. The molecule has 0 aliphatic carbocycles. The number of hydrogen-bond acceptors (Lipinski definition) is 5. The number of nitrogens with zero attached hydrogens (tertiary/aromatic N) is 1. The van der Waals surface area contributed by atoms with Gasteiger partial charge in [0.1, 0.15) is 0 Å². The topological polar surface area (TPSA) is 97.4 Å². The molecule has 2 amide bonds. The Morgan fingerprint density at radius 3 is 2.58 bits per heavy atom. The molecule has 0 unspecified atom stereocenters. The van der Waals surface area contributed by atoms with Crippen molar-refractivity contribution in [2.75, 3.05) is 11.9 Å². The maximum Gasteiger partial charge on any atom is 0.286 e. The summed E-state index contributed by atoms with van der Waals surface area (Å²) in [5.41, 5.74) is 1.54. The van der Waals surface area contributed by atoms with Crippen molar-refractivity contribution < 1.29 is 18.4 Å². The van der Waals surface area contributed by atoms with Gasteiger partial charge in [-0.2, -0.15) is 0 Å². The smallest absolute Gasteiger partial charge is 0.286 e. The van der Waals surface area contributed by atoms with Crippen molar-refractivity contribution in [2.24, 2.45) is 0 Å². The van der Waals surface area contributed by atoms with Gasteiger partial charge in [0, 0.05) is 24.2 Å². The van der Waals surface area contributed by atoms with Crippen LogP contribution in [0.1, 0.15) is 17.0 Å². The highest BCUT2D eigenvalue weighted by Gasteiger charge is 2.09. The molecule has 0 spiro atoms. The standard InChI is InChI=1S/C17H15N3O4/c21-16(7-8-19-17(22)14-2-1-9-23-14)20-13-5-3-12(4-6-13)15-10-18-11-24-15/h1-6,9-11H,7-8H2,(H,19,22)(H,20,21). The number of carbonyl (C=O) groups excluding carboxylic acids is 2. The van der Waals surface area contributed by atoms with Gasteiger partial charge in [0.25, 0.3) is 5.91 Å². The Balaban J connectivity index is 1.46. The Hall–Kier alpha value is -3.35. The van der Waals surface area contributed by atoms with Gasteiger partial charge in [-0.15, -0.1) is 0 Å². The van der Waals surface area contributed by atoms with E-state index in [1.165, 1.54) is 12.7 Å². The van der Waals surface area contributed by atoms with E-state index in [2.05, 4.69) is 15.6 Å². The fourth-order valence-electron chi connectivity index (χ4n) is 2.08. The summed E-state index contributed by atoms with van der Waals surface area (Å²) in [5.74, 6) is 0.346. The molecule has 3 aromatic rings. The number of oxazole rings is 1. The molecule has 0 bridgehead atoms. The highest BCUT2D eigenvalue weighted by molar-refractivity contribution is 5.93. The van der Waals surface area contributed by atoms with Crippen molar-refractivity contribution in [3.8, 4) is 11.3 Å². The fourth-order valence-corrected chi connectivity index (χ4v) is 2.08. The van der Waals surface area contributed by atoms with Crippen molar-refractivity contribution >= 4 is 17.5 Å². The quantitative estimate of drug-likeness (QED) is 0.726. The maximum atomic E-state index is 11.9. The van der Waals surface area contributed by atoms with Gasteiger partial charge in [-0.1, -0.05) is 0 Å². The molecule has 2 aromatic heterocycles. The molecule has 1 aromatic carbocycles. The van der Waals surface area contributed by atoms with E-state index >= 15 is 0 Å². The number of amides is 2. The minimum absolute atomic E-state index is 0.163. The van der Waals surface area contributed by atoms with Crippen LogP contribution in [0.15, 0.2) is 64.1 Å². The summed E-state index contributed by atoms with van der Waals surface area (Å²) < 4.78 is 10.2. The van der Waals surface area contributed by atoms with Crippen LogP contribution in [0.5, 0.6) is 0 Å². The van der Waals surface area contributed by atoms with Crippen molar-refractivity contribution in [3.05, 3.63) is 61.0 Å². The number of furan rings is 1. The summed E-state index contributed by atoms with van der Waals surface area (Å²) in [6.45, 7) is 0.224. The van der Waals surface area contributed by atoms with Crippen LogP contribution in [0.25, 0.3) is 11.3 Å². The summed E-state index contributed by atoms with van der Waals surface area (Å²) in [7, 11) is 0. The lowest BCUT2D eigenvalue weighted by Crippen LogP contribution is -2.27. The lowest BCUT2D eigenvalue weighted by Gasteiger charge is -2.06. The SMILES string of the molecule is O=C(CCNC(=O)c1ccco1)Nc1ccc(-c2cnco2)cc1. The normalized spacial score (nSPS) is 10.3. The fraction of sp³-hybridized carbons (Fsp3) is 0.118. The lowest BCUT2D eigenvalue weighted by atomic mass is 10.1. The van der Waals surface area contributed by atoms with E-state index in [1.807, 2.05) is 12.1 Å². The van der Waals surface area contributed by atoms with Crippen LogP contribution in [-0.4, -0.2) is 23.3 Å². The van der Waals surface area contributed by atoms with Gasteiger partial charge in [0.05, 0.1) is 12.5 Å². The highest BCUT2D eigenvalue weighted by atomic mass is 16.3. The molecule has 24 heavy (non-hydrogen) atoms. The molecule has 3 rings (SSSR count). The average Bonchev–Trinajstić information content (AvgIpc) is 3.29. The van der Waals surface area contributed by atoms with Crippen LogP contribution in [-0.2, 0) is 4.79 Å². The molecule has 0 saturated heterocycles. The third-order valence-electron chi connectivity index (χ3n) is 3.27. The monoisotopic (exact) mass is 325 g/mol. The summed E-state index contributed by atoms with van der Waals surface area (Å²) in [6.07, 6.45) is 4.57. The first kappa shape index (κ1) is 15.5. The molecule has 122 valence electrons. The van der Waals surface area contributed by atoms with Gasteiger partial charge in [-0.3, -0.25) is 9.59 Å². The lowest BCUT2D eigenvalue weighted by molar-refractivity contribution is -0.116. The van der Waals surface area contributed by atoms with Crippen molar-refractivity contribution in [2.45, 2.75) is 6.42 Å². The molecule has 0 aliphatic rings. The molecule has 0 aliphatic heterocycles. The third-order valence-corrected chi connectivity index (χ3v) is 3.27. The second kappa shape index (κ2) is 7.28. The number of aromatic nitrogens is 1. The van der Waals surface area contributed by atoms with Crippen molar-refractivity contribution in [1.29, 1.82) is 0 Å². The van der Waals surface area contributed by atoms with Crippen LogP contribution < -0.4 is 10.6 Å². The zero-order chi connectivity index (χ0) is 16.8. The minimum Gasteiger partial charge on any atom is -0.459 e. The average molecular weight is 325 g/mol. The highest BCUT2D eigenvalue weighted by Crippen LogP contribution is 2.20. The number of carbonyl (C=O) groups is 2. The number of hydrogen-bond donors (Lipinski definition) is 2. The van der Waals surface area contributed by atoms with Gasteiger partial charge in [-0.05, 0) is 36.4 Å². The molecule has 7 nitrogen and oxygen atoms in total. The van der Waals surface area contributed by atoms with Crippen LogP contribution in [0.2, 0.25) is 0 Å². The van der Waals surface area contributed by atoms with Gasteiger partial charge in [0.15, 0.2) is 17.9 Å². The summed E-state index contributed by atoms with van der Waals surface area (Å²) in [5, 5.41) is 5.38. The molecule has 7 heteroatoms. The second-order valence-electron chi connectivity index (χ2n) is 4.97. The summed E-state index contributed by atoms with van der Waals surface area (Å²) >= 11 is 0. The molecule has 2 heterocycles. The Morgan fingerprint density at radius 1 is 1.08 bits per heavy atom. The predicted molar refractivity (Wildman–Crippen MR) is 86.2 cm³/mol. The zero-order valence-electron chi connectivity index (χ0n) is 12.7. The van der Waals surface area contributed by atoms with Crippen LogP contribution in [0, 0.1) is 0 Å². The Bertz CT molecular complexity index is 793. The first-order chi connectivity index (χ1) is 11.7. The largest absolute Gasteiger partial charge is 0.459 e. The van der Waals surface area contributed by atoms with E-state index in [1.54, 1.807) is 30.5 Å². The summed E-state index contributed by atoms with van der Waals surface area (Å²) in [4.78, 5) is 27.4. The molecular formula is C17H15N3O4. The van der Waals surface area contributed by atoms with Gasteiger partial charge in [0.2, 0.25) is 5.91 Å². The number of benzene rings is 1. The zero-order valence-corrected chi connectivity index (χ0v) is 12.7. The van der Waals surface area contributed by atoms with Crippen LogP contribution >= 0.6 is 0 Å². The van der Waals surface area contributed by atoms with Crippen LogP contribution in [0.3, 0.4) is 0 Å². The minimum atomic E-state index is -0.343. The van der Waals surface area contributed by atoms with E-state index in [0.717, 1.165) is 5.56 Å². The van der Waals surface area contributed by atoms with Crippen LogP contribution in [0.4, 0.5) is 5.69 Å². The Morgan fingerprint density at radius 2 is 1.92 bits per heavy atom. The van der Waals surface area contributed by atoms with Crippen molar-refractivity contribution in [1.82, 2.24) is 10.3 Å². The molecular weight excluding hydrogens is 310 g/mol. The van der Waals surface area contributed by atoms with Gasteiger partial charge in [-0.25, -0.2) is 4.98 Å². The maximum absolute atomic E-state index is 11.9. The van der Waals surface area contributed by atoms with E-state index in [-0.39, 0.29) is 30.5 Å². The van der Waals surface area contributed by atoms with Gasteiger partial charge < -0.3 is 19.5 Å². The number of nitrogens with one attached hydrogen (secondary N) is 2. The first-order valence-electron chi connectivity index (χ1n) is 7.33. The summed E-state index contributed by atoms with van der Waals surface area (Å²) in [6, 6.07) is 10.4. The number of anilines is 1.